The minimum atomic E-state index is 1.01. The first kappa shape index (κ1) is 15.3. The quantitative estimate of drug-likeness (QED) is 0.814. The van der Waals surface area contributed by atoms with Crippen LogP contribution in [-0.2, 0) is 6.42 Å². The molecule has 4 heteroatoms. The number of rotatable bonds is 6. The highest BCUT2D eigenvalue weighted by Crippen LogP contribution is 2.20. The van der Waals surface area contributed by atoms with Crippen LogP contribution < -0.4 is 5.32 Å². The lowest BCUT2D eigenvalue weighted by atomic mass is 10.1. The zero-order chi connectivity index (χ0) is 14.5. The summed E-state index contributed by atoms with van der Waals surface area (Å²) in [6.07, 6.45) is 2.21. The van der Waals surface area contributed by atoms with Gasteiger partial charge in [0.2, 0.25) is 0 Å². The third-order valence-electron chi connectivity index (χ3n) is 3.47. The van der Waals surface area contributed by atoms with Gasteiger partial charge in [-0.2, -0.15) is 5.10 Å². The highest BCUT2D eigenvalue weighted by molar-refractivity contribution is 9.10. The van der Waals surface area contributed by atoms with Gasteiger partial charge in [0.15, 0.2) is 0 Å². The molecule has 0 aliphatic rings. The molecule has 0 radical (unpaired) electrons. The van der Waals surface area contributed by atoms with Gasteiger partial charge in [-0.05, 0) is 63.5 Å². The van der Waals surface area contributed by atoms with Gasteiger partial charge in [0.05, 0.1) is 11.4 Å². The molecule has 3 nitrogen and oxygen atoms in total. The summed E-state index contributed by atoms with van der Waals surface area (Å²) >= 11 is 3.52. The summed E-state index contributed by atoms with van der Waals surface area (Å²) < 4.78 is 3.11. The largest absolute Gasteiger partial charge is 0.316 e. The van der Waals surface area contributed by atoms with E-state index in [0.717, 1.165) is 35.4 Å². The lowest BCUT2D eigenvalue weighted by Gasteiger charge is -2.06. The summed E-state index contributed by atoms with van der Waals surface area (Å²) in [5, 5.41) is 8.14. The molecular weight excluding hydrogens is 314 g/mol. The molecule has 2 aromatic rings. The molecule has 0 aliphatic heterocycles. The number of aromatic nitrogens is 2. The van der Waals surface area contributed by atoms with Crippen LogP contribution in [0.1, 0.15) is 30.3 Å². The normalized spacial score (nSPS) is 11.0. The lowest BCUT2D eigenvalue weighted by Crippen LogP contribution is -2.18. The molecule has 108 valence electrons. The molecule has 0 atom stereocenters. The Morgan fingerprint density at radius 3 is 2.75 bits per heavy atom. The van der Waals surface area contributed by atoms with Crippen LogP contribution in [0.3, 0.4) is 0 Å². The van der Waals surface area contributed by atoms with Crippen LogP contribution in [0.5, 0.6) is 0 Å². The van der Waals surface area contributed by atoms with E-state index >= 15 is 0 Å². The smallest absolute Gasteiger partial charge is 0.0660 e. The summed E-state index contributed by atoms with van der Waals surface area (Å²) in [6, 6.07) is 8.25. The Hall–Kier alpha value is -1.13. The monoisotopic (exact) mass is 335 g/mol. The molecule has 1 heterocycles. The molecule has 0 spiro atoms. The second-order valence-corrected chi connectivity index (χ2v) is 5.96. The average Bonchev–Trinajstić information content (AvgIpc) is 2.71. The molecule has 20 heavy (non-hydrogen) atoms. The van der Waals surface area contributed by atoms with Crippen molar-refractivity contribution in [2.45, 2.75) is 33.6 Å². The van der Waals surface area contributed by atoms with Crippen LogP contribution in [0.15, 0.2) is 28.7 Å². The minimum Gasteiger partial charge on any atom is -0.316 e. The van der Waals surface area contributed by atoms with E-state index in [1.54, 1.807) is 0 Å². The zero-order valence-electron chi connectivity index (χ0n) is 12.4. The Balaban J connectivity index is 2.20. The Kier molecular flexibility index (Phi) is 5.38. The topological polar surface area (TPSA) is 29.9 Å². The van der Waals surface area contributed by atoms with Crippen molar-refractivity contribution in [1.82, 2.24) is 15.1 Å². The number of halogens is 1. The first-order chi connectivity index (χ1) is 9.63. The maximum absolute atomic E-state index is 4.69. The maximum Gasteiger partial charge on any atom is 0.0660 e. The third-order valence-corrected chi connectivity index (χ3v) is 3.97. The van der Waals surface area contributed by atoms with Gasteiger partial charge in [-0.15, -0.1) is 0 Å². The SMILES string of the molecule is CCCNCCc1c(C)nn(-c2cccc(Br)c2)c1C. The van der Waals surface area contributed by atoms with Gasteiger partial charge in [0.1, 0.15) is 0 Å². The van der Waals surface area contributed by atoms with Crippen LogP contribution in [0.25, 0.3) is 5.69 Å². The number of nitrogens with zero attached hydrogens (tertiary/aromatic N) is 2. The molecule has 0 unspecified atom stereocenters. The molecule has 1 N–H and O–H groups in total. The summed E-state index contributed by atoms with van der Waals surface area (Å²) in [4.78, 5) is 0. The van der Waals surface area contributed by atoms with Crippen molar-refractivity contribution in [1.29, 1.82) is 0 Å². The molecule has 0 aliphatic carbocycles. The van der Waals surface area contributed by atoms with E-state index in [2.05, 4.69) is 59.2 Å². The summed E-state index contributed by atoms with van der Waals surface area (Å²) in [7, 11) is 0. The fourth-order valence-corrected chi connectivity index (χ4v) is 2.80. The van der Waals surface area contributed by atoms with Crippen LogP contribution in [0, 0.1) is 13.8 Å². The van der Waals surface area contributed by atoms with E-state index < -0.39 is 0 Å². The van der Waals surface area contributed by atoms with Crippen molar-refractivity contribution in [3.8, 4) is 5.69 Å². The lowest BCUT2D eigenvalue weighted by molar-refractivity contribution is 0.669. The average molecular weight is 336 g/mol. The predicted molar refractivity (Wildman–Crippen MR) is 87.6 cm³/mol. The molecular formula is C16H22BrN3. The van der Waals surface area contributed by atoms with E-state index in [-0.39, 0.29) is 0 Å². The molecule has 0 amide bonds. The van der Waals surface area contributed by atoms with Gasteiger partial charge >= 0.3 is 0 Å². The molecule has 0 bridgehead atoms. The van der Waals surface area contributed by atoms with E-state index in [1.165, 1.54) is 17.7 Å². The molecule has 1 aromatic heterocycles. The fraction of sp³-hybridized carbons (Fsp3) is 0.438. The van der Waals surface area contributed by atoms with Gasteiger partial charge in [0.25, 0.3) is 0 Å². The Morgan fingerprint density at radius 1 is 1.25 bits per heavy atom. The summed E-state index contributed by atoms with van der Waals surface area (Å²) in [6.45, 7) is 8.53. The van der Waals surface area contributed by atoms with E-state index in [0.29, 0.717) is 0 Å². The van der Waals surface area contributed by atoms with Gasteiger partial charge in [-0.1, -0.05) is 28.9 Å². The third kappa shape index (κ3) is 3.49. The Labute approximate surface area is 129 Å². The molecule has 0 saturated heterocycles. The first-order valence-electron chi connectivity index (χ1n) is 7.15. The fourth-order valence-electron chi connectivity index (χ4n) is 2.41. The van der Waals surface area contributed by atoms with Gasteiger partial charge < -0.3 is 5.32 Å². The number of hydrogen-bond acceptors (Lipinski definition) is 2. The van der Waals surface area contributed by atoms with Gasteiger partial charge in [-0.3, -0.25) is 0 Å². The van der Waals surface area contributed by atoms with Gasteiger partial charge in [0, 0.05) is 10.2 Å². The maximum atomic E-state index is 4.69. The number of nitrogens with one attached hydrogen (secondary N) is 1. The Morgan fingerprint density at radius 2 is 2.05 bits per heavy atom. The zero-order valence-corrected chi connectivity index (χ0v) is 14.0. The van der Waals surface area contributed by atoms with Crippen LogP contribution in [0.4, 0.5) is 0 Å². The van der Waals surface area contributed by atoms with Crippen LogP contribution in [0.2, 0.25) is 0 Å². The molecule has 2 rings (SSSR count). The molecule has 0 fully saturated rings. The summed E-state index contributed by atoms with van der Waals surface area (Å²) in [5.41, 5.74) is 4.82. The molecule has 1 aromatic carbocycles. The van der Waals surface area contributed by atoms with E-state index in [4.69, 9.17) is 0 Å². The van der Waals surface area contributed by atoms with E-state index in [1.807, 2.05) is 16.8 Å². The minimum absolute atomic E-state index is 1.01. The highest BCUT2D eigenvalue weighted by Gasteiger charge is 2.12. The first-order valence-corrected chi connectivity index (χ1v) is 7.94. The van der Waals surface area contributed by atoms with Crippen molar-refractivity contribution >= 4 is 15.9 Å². The highest BCUT2D eigenvalue weighted by atomic mass is 79.9. The van der Waals surface area contributed by atoms with Crippen molar-refractivity contribution in [2.75, 3.05) is 13.1 Å². The van der Waals surface area contributed by atoms with Crippen molar-refractivity contribution < 1.29 is 0 Å². The van der Waals surface area contributed by atoms with Gasteiger partial charge in [-0.25, -0.2) is 4.68 Å². The number of hydrogen-bond donors (Lipinski definition) is 1. The number of aryl methyl sites for hydroxylation is 1. The Bertz CT molecular complexity index is 575. The summed E-state index contributed by atoms with van der Waals surface area (Å²) in [5.74, 6) is 0. The van der Waals surface area contributed by atoms with Crippen molar-refractivity contribution in [3.63, 3.8) is 0 Å². The number of benzene rings is 1. The second kappa shape index (κ2) is 7.04. The second-order valence-electron chi connectivity index (χ2n) is 5.04. The van der Waals surface area contributed by atoms with Crippen LogP contribution >= 0.6 is 15.9 Å². The predicted octanol–water partition coefficient (Wildman–Crippen LogP) is 3.79. The van der Waals surface area contributed by atoms with Crippen molar-refractivity contribution in [2.24, 2.45) is 0 Å². The van der Waals surface area contributed by atoms with Crippen molar-refractivity contribution in [3.05, 3.63) is 45.7 Å². The van der Waals surface area contributed by atoms with E-state index in [9.17, 15) is 0 Å². The standard InChI is InChI=1S/C16H22BrN3/c1-4-9-18-10-8-16-12(2)19-20(13(16)3)15-7-5-6-14(17)11-15/h5-7,11,18H,4,8-10H2,1-3H3. The molecule has 0 saturated carbocycles. The van der Waals surface area contributed by atoms with Crippen LogP contribution in [-0.4, -0.2) is 22.9 Å².